The summed E-state index contributed by atoms with van der Waals surface area (Å²) >= 11 is 0. The third-order valence-electron chi connectivity index (χ3n) is 7.25. The molecule has 2 aromatic carbocycles. The normalized spacial score (nSPS) is 18.7. The predicted octanol–water partition coefficient (Wildman–Crippen LogP) is 7.23. The second-order valence-electron chi connectivity index (χ2n) is 9.36. The van der Waals surface area contributed by atoms with Crippen LogP contribution in [0.1, 0.15) is 55.0 Å². The van der Waals surface area contributed by atoms with E-state index in [1.165, 1.54) is 65.0 Å². The molecule has 2 heterocycles. The summed E-state index contributed by atoms with van der Waals surface area (Å²) in [5.41, 5.74) is 11.3. The van der Waals surface area contributed by atoms with E-state index < -0.39 is 0 Å². The van der Waals surface area contributed by atoms with Gasteiger partial charge in [-0.2, -0.15) is 0 Å². The Morgan fingerprint density at radius 3 is 2.10 bits per heavy atom. The molecule has 0 amide bonds. The summed E-state index contributed by atoms with van der Waals surface area (Å²) in [4.78, 5) is 10.3. The van der Waals surface area contributed by atoms with Crippen LogP contribution in [0, 0.1) is 27.7 Å². The van der Waals surface area contributed by atoms with E-state index in [0.717, 1.165) is 11.4 Å². The highest BCUT2D eigenvalue weighted by atomic mass is 15.4. The number of hydrogen-bond acceptors (Lipinski definition) is 3. The summed E-state index contributed by atoms with van der Waals surface area (Å²) in [6.07, 6.45) is 5.59. The number of anilines is 3. The van der Waals surface area contributed by atoms with Crippen molar-refractivity contribution in [1.29, 1.82) is 0 Å². The van der Waals surface area contributed by atoms with Crippen LogP contribution in [0.25, 0.3) is 11.3 Å². The second-order valence-corrected chi connectivity index (χ2v) is 9.36. The van der Waals surface area contributed by atoms with Crippen LogP contribution < -0.4 is 9.80 Å². The van der Waals surface area contributed by atoms with Crippen LogP contribution in [-0.4, -0.2) is 17.2 Å². The Kier molecular flexibility index (Phi) is 5.00. The van der Waals surface area contributed by atoms with Crippen molar-refractivity contribution >= 4 is 17.1 Å². The Hall–Kier alpha value is -2.81. The molecule has 0 radical (unpaired) electrons. The van der Waals surface area contributed by atoms with Crippen molar-refractivity contribution in [1.82, 2.24) is 4.98 Å². The molecule has 0 saturated heterocycles. The van der Waals surface area contributed by atoms with Gasteiger partial charge < -0.3 is 9.80 Å². The van der Waals surface area contributed by atoms with Crippen molar-refractivity contribution < 1.29 is 0 Å². The van der Waals surface area contributed by atoms with Gasteiger partial charge in [0.15, 0.2) is 0 Å². The number of rotatable bonds is 3. The fraction of sp³-hybridized carbons (Fsp3) is 0.393. The zero-order valence-electron chi connectivity index (χ0n) is 19.4. The number of pyridine rings is 1. The molecule has 0 bridgehead atoms. The maximum atomic E-state index is 5.14. The van der Waals surface area contributed by atoms with E-state index in [0.29, 0.717) is 12.2 Å². The van der Waals surface area contributed by atoms with Gasteiger partial charge in [0.25, 0.3) is 0 Å². The third kappa shape index (κ3) is 3.22. The molecule has 1 saturated carbocycles. The van der Waals surface area contributed by atoms with E-state index >= 15 is 0 Å². The number of aryl methyl sites for hydroxylation is 4. The van der Waals surface area contributed by atoms with E-state index in [1.54, 1.807) is 0 Å². The Morgan fingerprint density at radius 2 is 1.45 bits per heavy atom. The van der Waals surface area contributed by atoms with Gasteiger partial charge in [-0.05, 0) is 82.3 Å². The van der Waals surface area contributed by atoms with E-state index in [2.05, 4.69) is 92.9 Å². The lowest BCUT2D eigenvalue weighted by Gasteiger charge is -2.35. The second kappa shape index (κ2) is 7.71. The van der Waals surface area contributed by atoms with Gasteiger partial charge in [0, 0.05) is 11.6 Å². The average molecular weight is 412 g/mol. The van der Waals surface area contributed by atoms with Crippen LogP contribution in [-0.2, 0) is 0 Å². The molecule has 3 nitrogen and oxygen atoms in total. The molecule has 0 unspecified atom stereocenters. The van der Waals surface area contributed by atoms with Crippen molar-refractivity contribution in [3.05, 3.63) is 70.9 Å². The maximum absolute atomic E-state index is 5.14. The number of benzene rings is 2. The van der Waals surface area contributed by atoms with Crippen molar-refractivity contribution in [2.75, 3.05) is 9.80 Å². The highest BCUT2D eigenvalue weighted by Crippen LogP contribution is 2.48. The third-order valence-corrected chi connectivity index (χ3v) is 7.25. The Bertz CT molecular complexity index is 1080. The number of aromatic nitrogens is 1. The molecule has 5 rings (SSSR count). The van der Waals surface area contributed by atoms with Crippen molar-refractivity contribution in [3.63, 3.8) is 0 Å². The number of hydrogen-bond donors (Lipinski definition) is 0. The topological polar surface area (TPSA) is 19.4 Å². The first-order chi connectivity index (χ1) is 15.0. The monoisotopic (exact) mass is 411 g/mol. The summed E-state index contributed by atoms with van der Waals surface area (Å²) in [6.45, 7) is 11.1. The van der Waals surface area contributed by atoms with Gasteiger partial charge >= 0.3 is 0 Å². The van der Waals surface area contributed by atoms with Gasteiger partial charge in [0.1, 0.15) is 6.17 Å². The molecular formula is C28H33N3. The van der Waals surface area contributed by atoms with Crippen molar-refractivity contribution in [2.45, 2.75) is 72.5 Å². The maximum Gasteiger partial charge on any atom is 0.104 e. The van der Waals surface area contributed by atoms with Crippen LogP contribution in [0.4, 0.5) is 17.1 Å². The number of fused-ring (bicyclic) bond motifs is 1. The molecule has 3 aromatic rings. The lowest BCUT2D eigenvalue weighted by atomic mass is 9.97. The van der Waals surface area contributed by atoms with Gasteiger partial charge in [-0.1, -0.05) is 43.2 Å². The molecule has 1 fully saturated rings. The van der Waals surface area contributed by atoms with E-state index in [1.807, 2.05) is 0 Å². The SMILES string of the molecule is Cc1cccc(C)c1-c1cc(C)c(N2c3ccccc3N(C3CCCC3)[C@H]2C)c(C)n1. The highest BCUT2D eigenvalue weighted by Gasteiger charge is 2.39. The van der Waals surface area contributed by atoms with Crippen LogP contribution >= 0.6 is 0 Å². The Balaban J connectivity index is 1.62. The summed E-state index contributed by atoms with van der Waals surface area (Å²) in [6, 6.07) is 18.3. The zero-order chi connectivity index (χ0) is 21.7. The molecule has 0 spiro atoms. The standard InChI is InChI=1S/C28H33N3/c1-18-11-10-12-19(2)27(18)24-17-20(3)28(21(4)29-24)31-22(5)30(23-13-6-7-14-23)25-15-8-9-16-26(25)31/h8-12,15-17,22-23H,6-7,13-14H2,1-5H3/t22-/m1/s1. The van der Waals surface area contributed by atoms with Gasteiger partial charge in [-0.15, -0.1) is 0 Å². The molecule has 1 aliphatic carbocycles. The molecule has 2 aliphatic rings. The van der Waals surface area contributed by atoms with Crippen molar-refractivity contribution in [3.8, 4) is 11.3 Å². The fourth-order valence-electron chi connectivity index (χ4n) is 5.94. The summed E-state index contributed by atoms with van der Waals surface area (Å²) in [7, 11) is 0. The minimum absolute atomic E-state index is 0.297. The molecule has 31 heavy (non-hydrogen) atoms. The predicted molar refractivity (Wildman–Crippen MR) is 131 cm³/mol. The largest absolute Gasteiger partial charge is 0.346 e. The number of para-hydroxylation sites is 2. The van der Waals surface area contributed by atoms with E-state index in [-0.39, 0.29) is 0 Å². The first-order valence-corrected chi connectivity index (χ1v) is 11.7. The van der Waals surface area contributed by atoms with Crippen LogP contribution in [0.2, 0.25) is 0 Å². The smallest absolute Gasteiger partial charge is 0.104 e. The van der Waals surface area contributed by atoms with Gasteiger partial charge in [0.2, 0.25) is 0 Å². The minimum Gasteiger partial charge on any atom is -0.346 e. The molecule has 1 aliphatic heterocycles. The summed E-state index contributed by atoms with van der Waals surface area (Å²) < 4.78 is 0. The first-order valence-electron chi connectivity index (χ1n) is 11.7. The van der Waals surface area contributed by atoms with Crippen LogP contribution in [0.15, 0.2) is 48.5 Å². The zero-order valence-corrected chi connectivity index (χ0v) is 19.4. The first kappa shape index (κ1) is 20.1. The van der Waals surface area contributed by atoms with Gasteiger partial charge in [0.05, 0.1) is 28.5 Å². The van der Waals surface area contributed by atoms with E-state index in [9.17, 15) is 0 Å². The minimum atomic E-state index is 0.297. The molecule has 3 heteroatoms. The Morgan fingerprint density at radius 1 is 0.806 bits per heavy atom. The van der Waals surface area contributed by atoms with Gasteiger partial charge in [-0.25, -0.2) is 0 Å². The Labute approximate surface area is 186 Å². The molecule has 160 valence electrons. The fourth-order valence-corrected chi connectivity index (χ4v) is 5.94. The lowest BCUT2D eigenvalue weighted by Crippen LogP contribution is -2.44. The van der Waals surface area contributed by atoms with Crippen LogP contribution in [0.5, 0.6) is 0 Å². The molecule has 1 atom stereocenters. The molecular weight excluding hydrogens is 378 g/mol. The average Bonchev–Trinajstić information content (AvgIpc) is 3.34. The summed E-state index contributed by atoms with van der Waals surface area (Å²) in [5.74, 6) is 0. The van der Waals surface area contributed by atoms with Gasteiger partial charge in [-0.3, -0.25) is 4.98 Å². The summed E-state index contributed by atoms with van der Waals surface area (Å²) in [5, 5.41) is 0. The molecule has 1 aromatic heterocycles. The highest BCUT2D eigenvalue weighted by molar-refractivity contribution is 5.86. The number of nitrogens with zero attached hydrogens (tertiary/aromatic N) is 3. The molecule has 0 N–H and O–H groups in total. The van der Waals surface area contributed by atoms with E-state index in [4.69, 9.17) is 4.98 Å². The quantitative estimate of drug-likeness (QED) is 0.453. The lowest BCUT2D eigenvalue weighted by molar-refractivity contribution is 0.554. The van der Waals surface area contributed by atoms with Crippen LogP contribution in [0.3, 0.4) is 0 Å². The van der Waals surface area contributed by atoms with Crippen molar-refractivity contribution in [2.24, 2.45) is 0 Å².